The Balaban J connectivity index is 1.72. The van der Waals surface area contributed by atoms with Crippen LogP contribution in [0.3, 0.4) is 0 Å². The lowest BCUT2D eigenvalue weighted by atomic mass is 9.87. The Kier molecular flexibility index (Phi) is 3.81. The number of aromatic nitrogens is 3. The summed E-state index contributed by atoms with van der Waals surface area (Å²) in [6.45, 7) is 5.48. The third-order valence-corrected chi connectivity index (χ3v) is 4.76. The number of hydrogen-bond donors (Lipinski definition) is 1. The molecule has 112 valence electrons. The molecule has 1 aliphatic rings. The Bertz CT molecular complexity index is 601. The van der Waals surface area contributed by atoms with Gasteiger partial charge in [0.05, 0.1) is 6.54 Å². The second kappa shape index (κ2) is 5.60. The maximum absolute atomic E-state index is 4.35. The van der Waals surface area contributed by atoms with Crippen LogP contribution in [0.5, 0.6) is 0 Å². The molecule has 1 heterocycles. The van der Waals surface area contributed by atoms with Gasteiger partial charge in [0.25, 0.3) is 0 Å². The van der Waals surface area contributed by atoms with Gasteiger partial charge in [0.15, 0.2) is 5.82 Å². The highest BCUT2D eigenvalue weighted by Gasteiger charge is 2.34. The molecule has 1 aromatic carbocycles. The summed E-state index contributed by atoms with van der Waals surface area (Å²) in [7, 11) is 2.04. The molecule has 1 atom stereocenters. The molecule has 0 aliphatic heterocycles. The van der Waals surface area contributed by atoms with Crippen molar-refractivity contribution in [2.45, 2.75) is 45.7 Å². The van der Waals surface area contributed by atoms with Gasteiger partial charge in [0.1, 0.15) is 5.82 Å². The number of nitrogens with one attached hydrogen (secondary N) is 1. The fourth-order valence-electron chi connectivity index (χ4n) is 3.27. The molecule has 1 aliphatic carbocycles. The van der Waals surface area contributed by atoms with Crippen LogP contribution in [-0.2, 0) is 13.6 Å². The lowest BCUT2D eigenvalue weighted by molar-refractivity contribution is 0.280. The van der Waals surface area contributed by atoms with Gasteiger partial charge in [0.2, 0.25) is 0 Å². The maximum atomic E-state index is 4.35. The monoisotopic (exact) mass is 284 g/mol. The van der Waals surface area contributed by atoms with Crippen LogP contribution in [-0.4, -0.2) is 20.8 Å². The molecule has 0 spiro atoms. The number of nitrogens with zero attached hydrogens (tertiary/aromatic N) is 3. The van der Waals surface area contributed by atoms with Gasteiger partial charge in [-0.1, -0.05) is 50.6 Å². The van der Waals surface area contributed by atoms with Gasteiger partial charge in [0, 0.05) is 18.7 Å². The summed E-state index contributed by atoms with van der Waals surface area (Å²) in [6.07, 6.45) is 3.88. The van der Waals surface area contributed by atoms with E-state index in [0.29, 0.717) is 11.5 Å². The van der Waals surface area contributed by atoms with Crippen molar-refractivity contribution < 1.29 is 0 Å². The zero-order chi connectivity index (χ0) is 14.9. The van der Waals surface area contributed by atoms with Crippen molar-refractivity contribution in [3.8, 4) is 11.4 Å². The maximum Gasteiger partial charge on any atom is 0.163 e. The summed E-state index contributed by atoms with van der Waals surface area (Å²) < 4.78 is 2.09. The van der Waals surface area contributed by atoms with Crippen LogP contribution in [0, 0.1) is 5.41 Å². The Morgan fingerprint density at radius 2 is 2.00 bits per heavy atom. The molecule has 2 aromatic rings. The minimum absolute atomic E-state index is 0.390. The predicted molar refractivity (Wildman–Crippen MR) is 84.7 cm³/mol. The highest BCUT2D eigenvalue weighted by molar-refractivity contribution is 5.54. The van der Waals surface area contributed by atoms with Crippen molar-refractivity contribution in [3.05, 3.63) is 36.2 Å². The minimum Gasteiger partial charge on any atom is -0.313 e. The largest absolute Gasteiger partial charge is 0.313 e. The molecule has 3 rings (SSSR count). The highest BCUT2D eigenvalue weighted by atomic mass is 15.3. The van der Waals surface area contributed by atoms with E-state index in [1.54, 1.807) is 0 Å². The first-order valence-corrected chi connectivity index (χ1v) is 7.75. The van der Waals surface area contributed by atoms with Gasteiger partial charge >= 0.3 is 0 Å². The quantitative estimate of drug-likeness (QED) is 0.938. The van der Waals surface area contributed by atoms with Crippen LogP contribution >= 0.6 is 0 Å². The molecule has 21 heavy (non-hydrogen) atoms. The Hall–Kier alpha value is -1.68. The summed E-state index contributed by atoms with van der Waals surface area (Å²) in [6, 6.07) is 10.8. The molecule has 0 saturated heterocycles. The Morgan fingerprint density at radius 3 is 2.67 bits per heavy atom. The summed E-state index contributed by atoms with van der Waals surface area (Å²) in [5, 5.41) is 12.4. The van der Waals surface area contributed by atoms with Crippen molar-refractivity contribution in [3.63, 3.8) is 0 Å². The van der Waals surface area contributed by atoms with E-state index in [9.17, 15) is 0 Å². The molecule has 4 heteroatoms. The van der Waals surface area contributed by atoms with Gasteiger partial charge in [-0.05, 0) is 18.3 Å². The van der Waals surface area contributed by atoms with Gasteiger partial charge in [-0.15, -0.1) is 10.2 Å². The van der Waals surface area contributed by atoms with Crippen molar-refractivity contribution in [1.29, 1.82) is 0 Å². The van der Waals surface area contributed by atoms with Crippen LogP contribution in [0.15, 0.2) is 30.3 Å². The second-order valence-electron chi connectivity index (χ2n) is 6.68. The first-order chi connectivity index (χ1) is 10.1. The molecule has 4 nitrogen and oxygen atoms in total. The van der Waals surface area contributed by atoms with E-state index in [1.807, 2.05) is 25.2 Å². The van der Waals surface area contributed by atoms with E-state index < -0.39 is 0 Å². The van der Waals surface area contributed by atoms with Crippen LogP contribution in [0.2, 0.25) is 0 Å². The number of benzene rings is 1. The van der Waals surface area contributed by atoms with E-state index in [-0.39, 0.29) is 0 Å². The zero-order valence-corrected chi connectivity index (χ0v) is 13.1. The normalized spacial score (nSPS) is 20.8. The fraction of sp³-hybridized carbons (Fsp3) is 0.529. The van der Waals surface area contributed by atoms with Gasteiger partial charge in [-0.2, -0.15) is 0 Å². The predicted octanol–water partition coefficient (Wildman–Crippen LogP) is 3.15. The Morgan fingerprint density at radius 1 is 1.24 bits per heavy atom. The van der Waals surface area contributed by atoms with Crippen LogP contribution in [0.1, 0.15) is 38.9 Å². The molecule has 1 saturated carbocycles. The van der Waals surface area contributed by atoms with E-state index in [2.05, 4.69) is 46.1 Å². The number of hydrogen-bond acceptors (Lipinski definition) is 3. The molecular weight excluding hydrogens is 260 g/mol. The molecule has 1 aromatic heterocycles. The average molecular weight is 284 g/mol. The molecule has 1 N–H and O–H groups in total. The van der Waals surface area contributed by atoms with Gasteiger partial charge in [-0.25, -0.2) is 0 Å². The SMILES string of the molecule is Cn1c(CN[C@H]2CCCC2(C)C)nnc1-c1ccccc1. The third-order valence-electron chi connectivity index (χ3n) is 4.76. The smallest absolute Gasteiger partial charge is 0.163 e. The first-order valence-electron chi connectivity index (χ1n) is 7.75. The lowest BCUT2D eigenvalue weighted by Crippen LogP contribution is -2.37. The number of rotatable bonds is 4. The van der Waals surface area contributed by atoms with Crippen molar-refractivity contribution >= 4 is 0 Å². The highest BCUT2D eigenvalue weighted by Crippen LogP contribution is 2.37. The minimum atomic E-state index is 0.390. The summed E-state index contributed by atoms with van der Waals surface area (Å²) in [4.78, 5) is 0. The van der Waals surface area contributed by atoms with Crippen molar-refractivity contribution in [1.82, 2.24) is 20.1 Å². The second-order valence-corrected chi connectivity index (χ2v) is 6.68. The summed E-state index contributed by atoms with van der Waals surface area (Å²) in [5.74, 6) is 1.93. The van der Waals surface area contributed by atoms with E-state index in [4.69, 9.17) is 0 Å². The van der Waals surface area contributed by atoms with Gasteiger partial charge in [-0.3, -0.25) is 0 Å². The standard InChI is InChI=1S/C17H24N4/c1-17(2)11-7-10-14(17)18-12-15-19-20-16(21(15)3)13-8-5-4-6-9-13/h4-6,8-9,14,18H,7,10-12H2,1-3H3/t14-/m0/s1. The van der Waals surface area contributed by atoms with E-state index in [0.717, 1.165) is 23.8 Å². The molecule has 0 radical (unpaired) electrons. The molecule has 0 bridgehead atoms. The zero-order valence-electron chi connectivity index (χ0n) is 13.1. The van der Waals surface area contributed by atoms with Crippen molar-refractivity contribution in [2.75, 3.05) is 0 Å². The molecule has 0 unspecified atom stereocenters. The van der Waals surface area contributed by atoms with Crippen LogP contribution in [0.25, 0.3) is 11.4 Å². The fourth-order valence-corrected chi connectivity index (χ4v) is 3.27. The van der Waals surface area contributed by atoms with Crippen LogP contribution < -0.4 is 5.32 Å². The summed E-state index contributed by atoms with van der Waals surface area (Å²) >= 11 is 0. The topological polar surface area (TPSA) is 42.7 Å². The van der Waals surface area contributed by atoms with E-state index >= 15 is 0 Å². The van der Waals surface area contributed by atoms with Crippen molar-refractivity contribution in [2.24, 2.45) is 12.5 Å². The molecule has 0 amide bonds. The third kappa shape index (κ3) is 2.86. The lowest BCUT2D eigenvalue weighted by Gasteiger charge is -2.27. The Labute approximate surface area is 126 Å². The molecular formula is C17H24N4. The first kappa shape index (κ1) is 14.3. The molecule has 1 fully saturated rings. The summed E-state index contributed by atoms with van der Waals surface area (Å²) in [5.41, 5.74) is 1.50. The van der Waals surface area contributed by atoms with Gasteiger partial charge < -0.3 is 9.88 Å². The van der Waals surface area contributed by atoms with Crippen LogP contribution in [0.4, 0.5) is 0 Å². The average Bonchev–Trinajstić information content (AvgIpc) is 3.00. The van der Waals surface area contributed by atoms with E-state index in [1.165, 1.54) is 19.3 Å².